The molecule has 0 saturated heterocycles. The standard InChI is InChI=1S/C11H10F3N5O/c1-6-4-2-3-5-7(6)8-16-9(18-10(20)17-8)19(15)11(12,13)14/h2-5H,15H2,1H3,(H,16,17,18,20). The number of aryl methyl sites for hydroxylation is 1. The average Bonchev–Trinajstić information content (AvgIpc) is 2.36. The van der Waals surface area contributed by atoms with Gasteiger partial charge in [-0.2, -0.15) is 15.0 Å². The van der Waals surface area contributed by atoms with Gasteiger partial charge < -0.3 is 0 Å². The predicted octanol–water partition coefficient (Wildman–Crippen LogP) is 1.34. The van der Waals surface area contributed by atoms with Crippen LogP contribution in [0.3, 0.4) is 0 Å². The molecular formula is C11H10F3N5O. The Morgan fingerprint density at radius 3 is 2.50 bits per heavy atom. The van der Waals surface area contributed by atoms with Gasteiger partial charge in [0.25, 0.3) is 5.95 Å². The van der Waals surface area contributed by atoms with Gasteiger partial charge in [0.1, 0.15) is 5.82 Å². The molecule has 0 unspecified atom stereocenters. The van der Waals surface area contributed by atoms with Crippen molar-refractivity contribution in [2.45, 2.75) is 13.2 Å². The molecule has 0 saturated carbocycles. The molecule has 0 aliphatic heterocycles. The van der Waals surface area contributed by atoms with Crippen molar-refractivity contribution < 1.29 is 13.2 Å². The van der Waals surface area contributed by atoms with Gasteiger partial charge in [-0.05, 0) is 12.5 Å². The van der Waals surface area contributed by atoms with Crippen LogP contribution in [0.25, 0.3) is 11.4 Å². The Morgan fingerprint density at radius 1 is 1.25 bits per heavy atom. The van der Waals surface area contributed by atoms with Gasteiger partial charge >= 0.3 is 12.0 Å². The van der Waals surface area contributed by atoms with Crippen LogP contribution in [0.2, 0.25) is 0 Å². The molecule has 2 aromatic rings. The lowest BCUT2D eigenvalue weighted by atomic mass is 10.1. The number of nitrogens with one attached hydrogen (secondary N) is 1. The summed E-state index contributed by atoms with van der Waals surface area (Å²) in [6.45, 7) is 1.74. The SMILES string of the molecule is Cc1ccccc1-c1nc(N(N)C(F)(F)F)nc(=O)[nH]1. The number of hydrogen-bond acceptors (Lipinski definition) is 5. The van der Waals surface area contributed by atoms with E-state index >= 15 is 0 Å². The minimum Gasteiger partial charge on any atom is -0.290 e. The number of benzene rings is 1. The van der Waals surface area contributed by atoms with Crippen molar-refractivity contribution in [1.29, 1.82) is 0 Å². The van der Waals surface area contributed by atoms with Crippen LogP contribution in [0.4, 0.5) is 19.1 Å². The van der Waals surface area contributed by atoms with Crippen molar-refractivity contribution in [3.8, 4) is 11.4 Å². The first-order valence-electron chi connectivity index (χ1n) is 5.45. The Labute approximate surface area is 111 Å². The van der Waals surface area contributed by atoms with Gasteiger partial charge in [0.15, 0.2) is 0 Å². The number of hydrazine groups is 1. The van der Waals surface area contributed by atoms with E-state index in [9.17, 15) is 18.0 Å². The molecule has 6 nitrogen and oxygen atoms in total. The van der Waals surface area contributed by atoms with Crippen LogP contribution < -0.4 is 16.5 Å². The number of aromatic amines is 1. The van der Waals surface area contributed by atoms with Gasteiger partial charge in [-0.1, -0.05) is 24.3 Å². The molecule has 20 heavy (non-hydrogen) atoms. The number of alkyl halides is 3. The lowest BCUT2D eigenvalue weighted by molar-refractivity contribution is -0.130. The third-order valence-corrected chi connectivity index (χ3v) is 2.53. The number of nitrogens with zero attached hydrogens (tertiary/aromatic N) is 3. The van der Waals surface area contributed by atoms with Crippen LogP contribution >= 0.6 is 0 Å². The fraction of sp³-hybridized carbons (Fsp3) is 0.182. The largest absolute Gasteiger partial charge is 0.501 e. The molecule has 0 amide bonds. The van der Waals surface area contributed by atoms with Gasteiger partial charge in [0.05, 0.1) is 0 Å². The van der Waals surface area contributed by atoms with E-state index < -0.39 is 22.9 Å². The molecule has 0 spiro atoms. The Bertz CT molecular complexity index is 682. The number of H-pyrrole nitrogens is 1. The molecule has 3 N–H and O–H groups in total. The van der Waals surface area contributed by atoms with E-state index in [1.165, 1.54) is 0 Å². The molecule has 0 bridgehead atoms. The van der Waals surface area contributed by atoms with Gasteiger partial charge in [-0.3, -0.25) is 4.98 Å². The molecular weight excluding hydrogens is 275 g/mol. The highest BCUT2D eigenvalue weighted by Gasteiger charge is 2.37. The van der Waals surface area contributed by atoms with Crippen LogP contribution in [0, 0.1) is 6.92 Å². The van der Waals surface area contributed by atoms with E-state index in [-0.39, 0.29) is 5.82 Å². The molecule has 0 radical (unpaired) electrons. The number of rotatable bonds is 2. The number of hydrogen-bond donors (Lipinski definition) is 2. The van der Waals surface area contributed by atoms with Crippen LogP contribution in [-0.4, -0.2) is 21.3 Å². The first kappa shape index (κ1) is 14.0. The summed E-state index contributed by atoms with van der Waals surface area (Å²) in [7, 11) is 0. The van der Waals surface area contributed by atoms with E-state index in [0.29, 0.717) is 5.56 Å². The van der Waals surface area contributed by atoms with Crippen LogP contribution in [0.15, 0.2) is 29.1 Å². The molecule has 9 heteroatoms. The Hall–Kier alpha value is -2.42. The van der Waals surface area contributed by atoms with E-state index in [2.05, 4.69) is 15.0 Å². The summed E-state index contributed by atoms with van der Waals surface area (Å²) in [6, 6.07) is 6.78. The predicted molar refractivity (Wildman–Crippen MR) is 65.5 cm³/mol. The summed E-state index contributed by atoms with van der Waals surface area (Å²) in [5.74, 6) is 3.91. The normalized spacial score (nSPS) is 11.4. The van der Waals surface area contributed by atoms with E-state index in [0.717, 1.165) is 5.56 Å². The summed E-state index contributed by atoms with van der Waals surface area (Å²) in [4.78, 5) is 20.4. The molecule has 2 rings (SSSR count). The summed E-state index contributed by atoms with van der Waals surface area (Å²) < 4.78 is 37.5. The zero-order valence-electron chi connectivity index (χ0n) is 10.3. The zero-order valence-corrected chi connectivity index (χ0v) is 10.3. The first-order valence-corrected chi connectivity index (χ1v) is 5.45. The highest BCUT2D eigenvalue weighted by Crippen LogP contribution is 2.23. The highest BCUT2D eigenvalue weighted by atomic mass is 19.4. The van der Waals surface area contributed by atoms with Crippen molar-refractivity contribution in [2.75, 3.05) is 5.01 Å². The van der Waals surface area contributed by atoms with Crippen LogP contribution in [0.5, 0.6) is 0 Å². The Morgan fingerprint density at radius 2 is 1.90 bits per heavy atom. The monoisotopic (exact) mass is 285 g/mol. The Balaban J connectivity index is 2.56. The summed E-state index contributed by atoms with van der Waals surface area (Å²) in [6.07, 6.45) is -4.88. The Kier molecular flexibility index (Phi) is 3.45. The van der Waals surface area contributed by atoms with Crippen LogP contribution in [0.1, 0.15) is 5.56 Å². The number of nitrogens with two attached hydrogens (primary N) is 1. The first-order chi connectivity index (χ1) is 9.29. The van der Waals surface area contributed by atoms with E-state index in [1.807, 2.05) is 0 Å². The maximum Gasteiger partial charge on any atom is 0.501 e. The third-order valence-electron chi connectivity index (χ3n) is 2.53. The van der Waals surface area contributed by atoms with Gasteiger partial charge in [0, 0.05) is 5.56 Å². The second kappa shape index (κ2) is 4.93. The van der Waals surface area contributed by atoms with Crippen molar-refractivity contribution in [2.24, 2.45) is 5.84 Å². The number of halogens is 3. The fourth-order valence-electron chi connectivity index (χ4n) is 1.56. The zero-order chi connectivity index (χ0) is 14.9. The van der Waals surface area contributed by atoms with Crippen molar-refractivity contribution in [3.05, 3.63) is 40.3 Å². The topological polar surface area (TPSA) is 87.9 Å². The molecule has 0 aliphatic carbocycles. The molecule has 0 atom stereocenters. The smallest absolute Gasteiger partial charge is 0.290 e. The lowest BCUT2D eigenvalue weighted by Crippen LogP contribution is -2.46. The maximum atomic E-state index is 12.5. The number of aromatic nitrogens is 3. The molecule has 0 aliphatic rings. The summed E-state index contributed by atoms with van der Waals surface area (Å²) in [5.41, 5.74) is 0.264. The fourth-order valence-corrected chi connectivity index (χ4v) is 1.56. The second-order valence-corrected chi connectivity index (χ2v) is 3.96. The minimum absolute atomic E-state index is 0.0298. The maximum absolute atomic E-state index is 12.5. The average molecular weight is 285 g/mol. The van der Waals surface area contributed by atoms with Crippen molar-refractivity contribution in [3.63, 3.8) is 0 Å². The number of anilines is 1. The lowest BCUT2D eigenvalue weighted by Gasteiger charge is -2.19. The molecule has 1 aromatic heterocycles. The molecule has 106 valence electrons. The van der Waals surface area contributed by atoms with Crippen molar-refractivity contribution >= 4 is 5.95 Å². The molecule has 0 fully saturated rings. The summed E-state index contributed by atoms with van der Waals surface area (Å²) >= 11 is 0. The second-order valence-electron chi connectivity index (χ2n) is 3.96. The van der Waals surface area contributed by atoms with Gasteiger partial charge in [-0.15, -0.1) is 13.2 Å². The van der Waals surface area contributed by atoms with E-state index in [4.69, 9.17) is 5.84 Å². The summed E-state index contributed by atoms with van der Waals surface area (Å²) in [5, 5.41) is -0.607. The van der Waals surface area contributed by atoms with E-state index in [1.54, 1.807) is 31.2 Å². The van der Waals surface area contributed by atoms with Gasteiger partial charge in [-0.25, -0.2) is 10.6 Å². The van der Waals surface area contributed by atoms with Gasteiger partial charge in [0.2, 0.25) is 0 Å². The quantitative estimate of drug-likeness (QED) is 0.494. The third kappa shape index (κ3) is 2.77. The highest BCUT2D eigenvalue weighted by molar-refractivity contribution is 5.60. The van der Waals surface area contributed by atoms with Crippen LogP contribution in [-0.2, 0) is 0 Å². The molecule has 1 heterocycles. The molecule has 1 aromatic carbocycles. The minimum atomic E-state index is -4.88. The van der Waals surface area contributed by atoms with Crippen molar-refractivity contribution in [1.82, 2.24) is 15.0 Å².